The topological polar surface area (TPSA) is 108 Å². The highest BCUT2D eigenvalue weighted by Crippen LogP contribution is 2.25. The Morgan fingerprint density at radius 1 is 1.23 bits per heavy atom. The molecule has 1 fully saturated rings. The third-order valence-corrected chi connectivity index (χ3v) is 3.70. The second-order valence-electron chi connectivity index (χ2n) is 5.53. The number of imide groups is 2. The number of rotatable bonds is 6. The Bertz CT molecular complexity index is 709. The standard InChI is InChI=1S/C16H19FN4O5/c1-10-14(23)20(9-13(22)19-15(24)18-7-8-26-2)16(25)21(10)12-5-3-11(17)4-6-12/h3-6,10H,7-9H2,1-2H3,(H2,18,19,22,24). The van der Waals surface area contributed by atoms with Crippen LogP contribution in [0.25, 0.3) is 0 Å². The van der Waals surface area contributed by atoms with Crippen molar-refractivity contribution in [3.8, 4) is 0 Å². The van der Waals surface area contributed by atoms with Crippen molar-refractivity contribution in [3.05, 3.63) is 30.1 Å². The van der Waals surface area contributed by atoms with Gasteiger partial charge in [0.2, 0.25) is 5.91 Å². The summed E-state index contributed by atoms with van der Waals surface area (Å²) in [6, 6.07) is 2.74. The number of methoxy groups -OCH3 is 1. The van der Waals surface area contributed by atoms with Gasteiger partial charge in [0.1, 0.15) is 18.4 Å². The summed E-state index contributed by atoms with van der Waals surface area (Å²) in [5, 5.41) is 4.41. The van der Waals surface area contributed by atoms with Crippen molar-refractivity contribution in [3.63, 3.8) is 0 Å². The van der Waals surface area contributed by atoms with Gasteiger partial charge in [-0.25, -0.2) is 14.0 Å². The van der Waals surface area contributed by atoms with Gasteiger partial charge >= 0.3 is 12.1 Å². The molecule has 1 aliphatic rings. The second kappa shape index (κ2) is 8.39. The molecular weight excluding hydrogens is 347 g/mol. The molecular formula is C16H19FN4O5. The SMILES string of the molecule is COCCNC(=O)NC(=O)CN1C(=O)C(C)N(c2ccc(F)cc2)C1=O. The van der Waals surface area contributed by atoms with E-state index in [0.29, 0.717) is 5.69 Å². The first kappa shape index (κ1) is 19.3. The van der Waals surface area contributed by atoms with Gasteiger partial charge in [0.05, 0.1) is 6.61 Å². The molecule has 140 valence electrons. The van der Waals surface area contributed by atoms with Crippen molar-refractivity contribution in [1.29, 1.82) is 0 Å². The number of ether oxygens (including phenoxy) is 1. The maximum absolute atomic E-state index is 13.0. The molecule has 0 aromatic heterocycles. The number of nitrogens with zero attached hydrogens (tertiary/aromatic N) is 2. The van der Waals surface area contributed by atoms with Crippen LogP contribution >= 0.6 is 0 Å². The fourth-order valence-electron chi connectivity index (χ4n) is 2.43. The molecule has 2 N–H and O–H groups in total. The van der Waals surface area contributed by atoms with Gasteiger partial charge in [0.15, 0.2) is 0 Å². The zero-order chi connectivity index (χ0) is 19.3. The van der Waals surface area contributed by atoms with E-state index in [1.54, 1.807) is 0 Å². The summed E-state index contributed by atoms with van der Waals surface area (Å²) < 4.78 is 17.8. The lowest BCUT2D eigenvalue weighted by atomic mass is 10.2. The number of urea groups is 2. The number of nitrogens with one attached hydrogen (secondary N) is 2. The predicted octanol–water partition coefficient (Wildman–Crippen LogP) is 0.455. The Hall–Kier alpha value is -3.01. The lowest BCUT2D eigenvalue weighted by molar-refractivity contribution is -0.131. The Kier molecular flexibility index (Phi) is 6.23. The van der Waals surface area contributed by atoms with Gasteiger partial charge < -0.3 is 10.1 Å². The van der Waals surface area contributed by atoms with E-state index in [-0.39, 0.29) is 13.2 Å². The van der Waals surface area contributed by atoms with Crippen LogP contribution < -0.4 is 15.5 Å². The monoisotopic (exact) mass is 366 g/mol. The first-order valence-electron chi connectivity index (χ1n) is 7.82. The quantitative estimate of drug-likeness (QED) is 0.562. The normalized spacial score (nSPS) is 16.8. The van der Waals surface area contributed by atoms with E-state index in [0.717, 1.165) is 9.80 Å². The highest BCUT2D eigenvalue weighted by atomic mass is 19.1. The average Bonchev–Trinajstić information content (AvgIpc) is 2.80. The molecule has 1 aliphatic heterocycles. The van der Waals surface area contributed by atoms with E-state index in [9.17, 15) is 23.6 Å². The number of benzene rings is 1. The average molecular weight is 366 g/mol. The van der Waals surface area contributed by atoms with E-state index in [2.05, 4.69) is 5.32 Å². The lowest BCUT2D eigenvalue weighted by Gasteiger charge is -2.19. The third-order valence-electron chi connectivity index (χ3n) is 3.70. The first-order chi connectivity index (χ1) is 12.3. The molecule has 0 aliphatic carbocycles. The van der Waals surface area contributed by atoms with E-state index in [1.165, 1.54) is 38.3 Å². The smallest absolute Gasteiger partial charge is 0.332 e. The summed E-state index contributed by atoms with van der Waals surface area (Å²) in [6.45, 7) is 1.37. The maximum Gasteiger partial charge on any atom is 0.332 e. The molecule has 1 saturated heterocycles. The van der Waals surface area contributed by atoms with Crippen LogP contribution in [0.1, 0.15) is 6.92 Å². The number of carbonyl (C=O) groups excluding carboxylic acids is 4. The van der Waals surface area contributed by atoms with Crippen molar-refractivity contribution < 1.29 is 28.3 Å². The molecule has 0 bridgehead atoms. The molecule has 0 radical (unpaired) electrons. The molecule has 1 aromatic rings. The highest BCUT2D eigenvalue weighted by molar-refractivity contribution is 6.15. The fraction of sp³-hybridized carbons (Fsp3) is 0.375. The molecule has 26 heavy (non-hydrogen) atoms. The molecule has 9 nitrogen and oxygen atoms in total. The van der Waals surface area contributed by atoms with Crippen LogP contribution in [0.2, 0.25) is 0 Å². The zero-order valence-corrected chi connectivity index (χ0v) is 14.3. The van der Waals surface area contributed by atoms with Crippen LogP contribution in [-0.2, 0) is 14.3 Å². The molecule has 0 saturated carbocycles. The van der Waals surface area contributed by atoms with E-state index < -0.39 is 42.3 Å². The summed E-state index contributed by atoms with van der Waals surface area (Å²) in [5.74, 6) is -1.88. The number of halogens is 1. The van der Waals surface area contributed by atoms with Crippen LogP contribution in [0.3, 0.4) is 0 Å². The Morgan fingerprint density at radius 2 is 1.88 bits per heavy atom. The van der Waals surface area contributed by atoms with Crippen molar-refractivity contribution in [1.82, 2.24) is 15.5 Å². The zero-order valence-electron chi connectivity index (χ0n) is 14.3. The fourth-order valence-corrected chi connectivity index (χ4v) is 2.43. The van der Waals surface area contributed by atoms with Gasteiger partial charge in [-0.05, 0) is 31.2 Å². The summed E-state index contributed by atoms with van der Waals surface area (Å²) in [7, 11) is 1.46. The van der Waals surface area contributed by atoms with Crippen LogP contribution in [-0.4, -0.2) is 61.6 Å². The molecule has 1 unspecified atom stereocenters. The van der Waals surface area contributed by atoms with Crippen molar-refractivity contribution in [2.24, 2.45) is 0 Å². The highest BCUT2D eigenvalue weighted by Gasteiger charge is 2.44. The number of anilines is 1. The second-order valence-corrected chi connectivity index (χ2v) is 5.53. The number of carbonyl (C=O) groups is 4. The summed E-state index contributed by atoms with van der Waals surface area (Å²) in [6.07, 6.45) is 0. The summed E-state index contributed by atoms with van der Waals surface area (Å²) >= 11 is 0. The van der Waals surface area contributed by atoms with Crippen LogP contribution in [0.5, 0.6) is 0 Å². The van der Waals surface area contributed by atoms with E-state index in [4.69, 9.17) is 4.74 Å². The maximum atomic E-state index is 13.0. The van der Waals surface area contributed by atoms with Crippen molar-refractivity contribution in [2.75, 3.05) is 31.7 Å². The third kappa shape index (κ3) is 4.33. The van der Waals surface area contributed by atoms with Gasteiger partial charge in [0, 0.05) is 19.3 Å². The first-order valence-corrected chi connectivity index (χ1v) is 7.82. The molecule has 1 atom stereocenters. The number of amides is 6. The van der Waals surface area contributed by atoms with Gasteiger partial charge in [-0.2, -0.15) is 0 Å². The summed E-state index contributed by atoms with van der Waals surface area (Å²) in [4.78, 5) is 50.1. The van der Waals surface area contributed by atoms with Gasteiger partial charge in [-0.15, -0.1) is 0 Å². The Labute approximate surface area is 149 Å². The van der Waals surface area contributed by atoms with E-state index in [1.807, 2.05) is 5.32 Å². The Balaban J connectivity index is 2.00. The summed E-state index contributed by atoms with van der Waals surface area (Å²) in [5.41, 5.74) is 0.331. The molecule has 10 heteroatoms. The van der Waals surface area contributed by atoms with Crippen LogP contribution in [0.4, 0.5) is 19.7 Å². The van der Waals surface area contributed by atoms with Crippen LogP contribution in [0, 0.1) is 5.82 Å². The minimum Gasteiger partial charge on any atom is -0.383 e. The van der Waals surface area contributed by atoms with Gasteiger partial charge in [0.25, 0.3) is 5.91 Å². The largest absolute Gasteiger partial charge is 0.383 e. The van der Waals surface area contributed by atoms with Gasteiger partial charge in [-0.3, -0.25) is 24.7 Å². The molecule has 1 heterocycles. The number of hydrogen-bond donors (Lipinski definition) is 2. The minimum absolute atomic E-state index is 0.201. The number of hydrogen-bond acceptors (Lipinski definition) is 5. The molecule has 2 rings (SSSR count). The van der Waals surface area contributed by atoms with Crippen LogP contribution in [0.15, 0.2) is 24.3 Å². The lowest BCUT2D eigenvalue weighted by Crippen LogP contribution is -2.47. The minimum atomic E-state index is -0.851. The predicted molar refractivity (Wildman–Crippen MR) is 88.9 cm³/mol. The van der Waals surface area contributed by atoms with Crippen molar-refractivity contribution in [2.45, 2.75) is 13.0 Å². The molecule has 6 amide bonds. The van der Waals surface area contributed by atoms with E-state index >= 15 is 0 Å². The molecule has 1 aromatic carbocycles. The van der Waals surface area contributed by atoms with Crippen molar-refractivity contribution >= 4 is 29.6 Å². The van der Waals surface area contributed by atoms with Gasteiger partial charge in [-0.1, -0.05) is 0 Å². The Morgan fingerprint density at radius 3 is 2.50 bits per heavy atom. The molecule has 0 spiro atoms.